The summed E-state index contributed by atoms with van der Waals surface area (Å²) in [7, 11) is 0. The standard InChI is InChI=1S/C17H11BrN2O2/c18-7-4-5-11-10(6-7)12-14-13(16(21)20-17(14)22)8-2-1-3-9(8)15(12)19-11/h4-6,19H,1-3H2,(H,20,21,22). The maximum atomic E-state index is 12.4. The zero-order valence-electron chi connectivity index (χ0n) is 11.5. The fourth-order valence-electron chi connectivity index (χ4n) is 3.93. The van der Waals surface area contributed by atoms with E-state index in [2.05, 4.69) is 26.2 Å². The molecule has 2 aliphatic rings. The van der Waals surface area contributed by atoms with Crippen LogP contribution in [0.5, 0.6) is 0 Å². The lowest BCUT2D eigenvalue weighted by atomic mass is 9.94. The van der Waals surface area contributed by atoms with Crippen LogP contribution >= 0.6 is 15.9 Å². The Hall–Kier alpha value is -2.14. The predicted molar refractivity (Wildman–Crippen MR) is 87.3 cm³/mol. The fourth-order valence-corrected chi connectivity index (χ4v) is 4.29. The van der Waals surface area contributed by atoms with Crippen LogP contribution in [0.25, 0.3) is 21.8 Å². The van der Waals surface area contributed by atoms with Gasteiger partial charge in [0.15, 0.2) is 0 Å². The van der Waals surface area contributed by atoms with Gasteiger partial charge in [-0.25, -0.2) is 0 Å². The van der Waals surface area contributed by atoms with Crippen LogP contribution in [0.15, 0.2) is 22.7 Å². The first-order chi connectivity index (χ1) is 10.6. The highest BCUT2D eigenvalue weighted by Gasteiger charge is 2.36. The molecular formula is C17H11BrN2O2. The minimum absolute atomic E-state index is 0.246. The Kier molecular flexibility index (Phi) is 2.25. The number of H-pyrrole nitrogens is 1. The fraction of sp³-hybridized carbons (Fsp3) is 0.176. The van der Waals surface area contributed by atoms with Crippen molar-refractivity contribution in [3.63, 3.8) is 0 Å². The molecule has 5 rings (SSSR count). The van der Waals surface area contributed by atoms with Crippen molar-refractivity contribution in [3.8, 4) is 0 Å². The normalized spacial score (nSPS) is 16.4. The highest BCUT2D eigenvalue weighted by molar-refractivity contribution is 9.10. The van der Waals surface area contributed by atoms with E-state index in [1.54, 1.807) is 0 Å². The molecule has 2 amide bonds. The minimum Gasteiger partial charge on any atom is -0.354 e. The molecule has 0 saturated carbocycles. The molecule has 2 heterocycles. The van der Waals surface area contributed by atoms with Crippen LogP contribution in [0.2, 0.25) is 0 Å². The van der Waals surface area contributed by atoms with Crippen LogP contribution in [0.4, 0.5) is 0 Å². The molecule has 2 N–H and O–H groups in total. The van der Waals surface area contributed by atoms with E-state index in [-0.39, 0.29) is 11.8 Å². The second kappa shape index (κ2) is 3.98. The number of carbonyl (C=O) groups is 2. The molecule has 0 atom stereocenters. The average molecular weight is 355 g/mol. The highest BCUT2D eigenvalue weighted by atomic mass is 79.9. The third-order valence-corrected chi connectivity index (χ3v) is 5.26. The summed E-state index contributed by atoms with van der Waals surface area (Å²) in [4.78, 5) is 28.1. The molecule has 0 saturated heterocycles. The summed E-state index contributed by atoms with van der Waals surface area (Å²) in [6.07, 6.45) is 2.85. The molecule has 1 aliphatic heterocycles. The number of hydrogen-bond donors (Lipinski definition) is 2. The summed E-state index contributed by atoms with van der Waals surface area (Å²) in [6, 6.07) is 5.98. The van der Waals surface area contributed by atoms with Crippen molar-refractivity contribution in [2.24, 2.45) is 0 Å². The maximum Gasteiger partial charge on any atom is 0.259 e. The second-order valence-electron chi connectivity index (χ2n) is 5.91. The molecule has 2 aromatic carbocycles. The van der Waals surface area contributed by atoms with Gasteiger partial charge in [-0.3, -0.25) is 14.9 Å². The summed E-state index contributed by atoms with van der Waals surface area (Å²) in [5, 5.41) is 4.34. The topological polar surface area (TPSA) is 62.0 Å². The number of halogens is 1. The Labute approximate surface area is 134 Å². The van der Waals surface area contributed by atoms with E-state index in [1.807, 2.05) is 18.2 Å². The Morgan fingerprint density at radius 3 is 2.64 bits per heavy atom. The Morgan fingerprint density at radius 1 is 1.00 bits per heavy atom. The van der Waals surface area contributed by atoms with E-state index >= 15 is 0 Å². The number of amides is 2. The van der Waals surface area contributed by atoms with Crippen LogP contribution in [0.1, 0.15) is 38.3 Å². The van der Waals surface area contributed by atoms with Gasteiger partial charge in [-0.05, 0) is 48.6 Å². The molecule has 0 bridgehead atoms. The first-order valence-corrected chi connectivity index (χ1v) is 8.09. The number of fused-ring (bicyclic) bond motifs is 8. The third kappa shape index (κ3) is 1.37. The lowest BCUT2D eigenvalue weighted by Gasteiger charge is -2.07. The molecule has 5 heteroatoms. The molecule has 1 aromatic heterocycles. The van der Waals surface area contributed by atoms with Crippen LogP contribution in [-0.2, 0) is 12.8 Å². The van der Waals surface area contributed by atoms with Gasteiger partial charge in [0, 0.05) is 20.8 Å². The number of rotatable bonds is 0. The van der Waals surface area contributed by atoms with Crippen LogP contribution in [0, 0.1) is 0 Å². The molecule has 0 fully saturated rings. The van der Waals surface area contributed by atoms with Gasteiger partial charge < -0.3 is 4.98 Å². The molecule has 0 unspecified atom stereocenters. The van der Waals surface area contributed by atoms with Gasteiger partial charge in [0.25, 0.3) is 11.8 Å². The number of aryl methyl sites for hydroxylation is 1. The molecule has 3 aromatic rings. The number of aromatic nitrogens is 1. The molecule has 0 spiro atoms. The average Bonchev–Trinajstić information content (AvgIpc) is 3.14. The van der Waals surface area contributed by atoms with E-state index in [0.717, 1.165) is 51.1 Å². The zero-order chi connectivity index (χ0) is 15.0. The number of nitrogens with one attached hydrogen (secondary N) is 2. The number of imide groups is 1. The molecular weight excluding hydrogens is 344 g/mol. The molecule has 0 radical (unpaired) electrons. The van der Waals surface area contributed by atoms with Crippen molar-refractivity contribution >= 4 is 49.6 Å². The molecule has 4 nitrogen and oxygen atoms in total. The number of benzene rings is 2. The zero-order valence-corrected chi connectivity index (χ0v) is 13.1. The summed E-state index contributed by atoms with van der Waals surface area (Å²) < 4.78 is 0.958. The van der Waals surface area contributed by atoms with E-state index in [0.29, 0.717) is 11.1 Å². The van der Waals surface area contributed by atoms with Crippen LogP contribution in [0.3, 0.4) is 0 Å². The van der Waals surface area contributed by atoms with Crippen LogP contribution < -0.4 is 5.32 Å². The Bertz CT molecular complexity index is 1030. The van der Waals surface area contributed by atoms with Crippen molar-refractivity contribution in [2.75, 3.05) is 0 Å². The lowest BCUT2D eigenvalue weighted by molar-refractivity contribution is 0.0880. The molecule has 22 heavy (non-hydrogen) atoms. The first-order valence-electron chi connectivity index (χ1n) is 7.29. The van der Waals surface area contributed by atoms with Crippen molar-refractivity contribution in [3.05, 3.63) is 44.9 Å². The summed E-state index contributed by atoms with van der Waals surface area (Å²) in [6.45, 7) is 0. The molecule has 1 aliphatic carbocycles. The van der Waals surface area contributed by atoms with E-state index < -0.39 is 0 Å². The smallest absolute Gasteiger partial charge is 0.259 e. The largest absolute Gasteiger partial charge is 0.354 e. The SMILES string of the molecule is O=C1NC(=O)c2c1c1c(c3[nH]c4ccc(Br)cc4c23)CCC1. The number of carbonyl (C=O) groups excluding carboxylic acids is 2. The van der Waals surface area contributed by atoms with E-state index in [4.69, 9.17) is 0 Å². The highest BCUT2D eigenvalue weighted by Crippen LogP contribution is 2.41. The number of hydrogen-bond acceptors (Lipinski definition) is 2. The van der Waals surface area contributed by atoms with Crippen molar-refractivity contribution < 1.29 is 9.59 Å². The summed E-state index contributed by atoms with van der Waals surface area (Å²) >= 11 is 3.49. The monoisotopic (exact) mass is 354 g/mol. The maximum absolute atomic E-state index is 12.4. The van der Waals surface area contributed by atoms with E-state index in [9.17, 15) is 9.59 Å². The Morgan fingerprint density at radius 2 is 1.77 bits per heavy atom. The van der Waals surface area contributed by atoms with E-state index in [1.165, 1.54) is 5.56 Å². The van der Waals surface area contributed by atoms with Gasteiger partial charge in [0.1, 0.15) is 0 Å². The van der Waals surface area contributed by atoms with Gasteiger partial charge in [-0.2, -0.15) is 0 Å². The second-order valence-corrected chi connectivity index (χ2v) is 6.82. The van der Waals surface area contributed by atoms with Gasteiger partial charge in [-0.15, -0.1) is 0 Å². The Balaban J connectivity index is 2.10. The van der Waals surface area contributed by atoms with Crippen molar-refractivity contribution in [1.82, 2.24) is 10.3 Å². The lowest BCUT2D eigenvalue weighted by Crippen LogP contribution is -2.20. The van der Waals surface area contributed by atoms with Gasteiger partial charge in [0.05, 0.1) is 16.6 Å². The molecule has 108 valence electrons. The third-order valence-electron chi connectivity index (χ3n) is 4.76. The van der Waals surface area contributed by atoms with Crippen molar-refractivity contribution in [2.45, 2.75) is 19.3 Å². The quantitative estimate of drug-likeness (QED) is 0.607. The predicted octanol–water partition coefficient (Wildman–Crippen LogP) is 3.46. The summed E-state index contributed by atoms with van der Waals surface area (Å²) in [5.41, 5.74) is 5.41. The summed E-state index contributed by atoms with van der Waals surface area (Å²) in [5.74, 6) is -0.523. The van der Waals surface area contributed by atoms with Crippen LogP contribution in [-0.4, -0.2) is 16.8 Å². The minimum atomic E-state index is -0.277. The number of aromatic amines is 1. The first kappa shape index (κ1) is 12.4. The van der Waals surface area contributed by atoms with Gasteiger partial charge in [-0.1, -0.05) is 15.9 Å². The van der Waals surface area contributed by atoms with Crippen molar-refractivity contribution in [1.29, 1.82) is 0 Å². The van der Waals surface area contributed by atoms with Gasteiger partial charge in [0.2, 0.25) is 0 Å². The van der Waals surface area contributed by atoms with Gasteiger partial charge >= 0.3 is 0 Å².